The molecule has 3 unspecified atom stereocenters. The number of hydrogen-bond acceptors (Lipinski definition) is 4. The van der Waals surface area contributed by atoms with Gasteiger partial charge in [-0.3, -0.25) is 19.3 Å². The first-order valence-electron chi connectivity index (χ1n) is 12.6. The standard InChI is InChI=1S/C26H45N3O3/c1-17(2)23(16-19(5)20(6)30)28(7)26(32)24(18(3)4)27-25(31)22-14-10-11-15-29(22)21-12-8-9-13-21/h16-18,21-24H,8-15H2,1-7H3,(H,27,31)/b19-16+. The first-order chi connectivity index (χ1) is 15.0. The quantitative estimate of drug-likeness (QED) is 0.544. The Labute approximate surface area is 195 Å². The van der Waals surface area contributed by atoms with Crippen LogP contribution < -0.4 is 5.32 Å². The third kappa shape index (κ3) is 6.66. The van der Waals surface area contributed by atoms with E-state index in [0.29, 0.717) is 11.6 Å². The van der Waals surface area contributed by atoms with Gasteiger partial charge < -0.3 is 10.2 Å². The van der Waals surface area contributed by atoms with Gasteiger partial charge in [0.05, 0.1) is 12.1 Å². The van der Waals surface area contributed by atoms with Crippen LogP contribution in [0.3, 0.4) is 0 Å². The average molecular weight is 448 g/mol. The maximum Gasteiger partial charge on any atom is 0.245 e. The maximum atomic E-state index is 13.5. The summed E-state index contributed by atoms with van der Waals surface area (Å²) in [6, 6.07) is -0.403. The zero-order valence-corrected chi connectivity index (χ0v) is 21.3. The van der Waals surface area contributed by atoms with Crippen LogP contribution in [0.2, 0.25) is 0 Å². The van der Waals surface area contributed by atoms with Crippen LogP contribution in [0.25, 0.3) is 0 Å². The molecule has 0 aromatic rings. The number of amides is 2. The van der Waals surface area contributed by atoms with Crippen LogP contribution in [-0.4, -0.2) is 65.2 Å². The zero-order valence-electron chi connectivity index (χ0n) is 21.3. The number of allylic oxidation sites excluding steroid dienone is 1. The molecule has 2 fully saturated rings. The lowest BCUT2D eigenvalue weighted by molar-refractivity contribution is -0.140. The lowest BCUT2D eigenvalue weighted by Gasteiger charge is -2.40. The maximum absolute atomic E-state index is 13.5. The van der Waals surface area contributed by atoms with Gasteiger partial charge in [-0.15, -0.1) is 0 Å². The van der Waals surface area contributed by atoms with Crippen molar-refractivity contribution in [2.24, 2.45) is 11.8 Å². The van der Waals surface area contributed by atoms with Gasteiger partial charge in [-0.1, -0.05) is 53.0 Å². The second kappa shape index (κ2) is 12.0. The molecule has 182 valence electrons. The number of carbonyl (C=O) groups excluding carboxylic acids is 3. The topological polar surface area (TPSA) is 69.7 Å². The molecule has 0 radical (unpaired) electrons. The number of hydrogen-bond donors (Lipinski definition) is 1. The minimum atomic E-state index is -0.577. The second-order valence-electron chi connectivity index (χ2n) is 10.5. The van der Waals surface area contributed by atoms with E-state index < -0.39 is 6.04 Å². The Morgan fingerprint density at radius 1 is 0.938 bits per heavy atom. The number of piperidine rings is 1. The number of likely N-dealkylation sites (N-methyl/N-ethyl adjacent to an activating group) is 1. The van der Waals surface area contributed by atoms with Crippen LogP contribution in [0.15, 0.2) is 11.6 Å². The fourth-order valence-corrected chi connectivity index (χ4v) is 5.16. The Bertz CT molecular complexity index is 694. The SMILES string of the molecule is CC(=O)/C(C)=C/C(C(C)C)N(C)C(=O)C(NC(=O)C1CCCCN1C1CCCC1)C(C)C. The predicted molar refractivity (Wildman–Crippen MR) is 129 cm³/mol. The molecule has 2 amide bonds. The van der Waals surface area contributed by atoms with Crippen molar-refractivity contribution in [3.05, 3.63) is 11.6 Å². The van der Waals surface area contributed by atoms with Gasteiger partial charge in [0, 0.05) is 13.1 Å². The molecule has 32 heavy (non-hydrogen) atoms. The van der Waals surface area contributed by atoms with Crippen LogP contribution in [0.1, 0.15) is 86.5 Å². The van der Waals surface area contributed by atoms with E-state index in [1.165, 1.54) is 25.7 Å². The van der Waals surface area contributed by atoms with Crippen LogP contribution in [-0.2, 0) is 14.4 Å². The number of likely N-dealkylation sites (tertiary alicyclic amines) is 1. The molecule has 1 heterocycles. The van der Waals surface area contributed by atoms with Gasteiger partial charge in [-0.05, 0) is 63.5 Å². The third-order valence-corrected chi connectivity index (χ3v) is 7.33. The summed E-state index contributed by atoms with van der Waals surface area (Å²) in [6.07, 6.45) is 9.81. The molecule has 0 spiro atoms. The fourth-order valence-electron chi connectivity index (χ4n) is 5.16. The summed E-state index contributed by atoms with van der Waals surface area (Å²) in [4.78, 5) is 42.8. The van der Waals surface area contributed by atoms with E-state index in [0.717, 1.165) is 25.8 Å². The molecule has 1 saturated heterocycles. The molecule has 1 aliphatic heterocycles. The normalized spacial score (nSPS) is 22.8. The summed E-state index contributed by atoms with van der Waals surface area (Å²) in [5.41, 5.74) is 0.655. The molecule has 0 aromatic heterocycles. The Morgan fingerprint density at radius 2 is 1.53 bits per heavy atom. The highest BCUT2D eigenvalue weighted by molar-refractivity contribution is 5.93. The van der Waals surface area contributed by atoms with E-state index >= 15 is 0 Å². The van der Waals surface area contributed by atoms with E-state index in [1.54, 1.807) is 25.8 Å². The van der Waals surface area contributed by atoms with Crippen molar-refractivity contribution in [1.29, 1.82) is 0 Å². The highest BCUT2D eigenvalue weighted by Crippen LogP contribution is 2.29. The van der Waals surface area contributed by atoms with Crippen molar-refractivity contribution in [3.8, 4) is 0 Å². The molecular formula is C26H45N3O3. The summed E-state index contributed by atoms with van der Waals surface area (Å²) in [6.45, 7) is 12.4. The van der Waals surface area contributed by atoms with Crippen molar-refractivity contribution in [1.82, 2.24) is 15.1 Å². The molecule has 6 heteroatoms. The Morgan fingerprint density at radius 3 is 2.06 bits per heavy atom. The van der Waals surface area contributed by atoms with E-state index in [2.05, 4.69) is 10.2 Å². The Balaban J connectivity index is 2.17. The summed E-state index contributed by atoms with van der Waals surface area (Å²) in [7, 11) is 1.78. The van der Waals surface area contributed by atoms with Crippen LogP contribution in [0.5, 0.6) is 0 Å². The van der Waals surface area contributed by atoms with Crippen LogP contribution in [0.4, 0.5) is 0 Å². The summed E-state index contributed by atoms with van der Waals surface area (Å²) < 4.78 is 0. The molecular weight excluding hydrogens is 402 g/mol. The lowest BCUT2D eigenvalue weighted by atomic mass is 9.95. The number of nitrogens with one attached hydrogen (secondary N) is 1. The lowest BCUT2D eigenvalue weighted by Crippen LogP contribution is -2.59. The van der Waals surface area contributed by atoms with Crippen molar-refractivity contribution >= 4 is 17.6 Å². The first-order valence-corrected chi connectivity index (χ1v) is 12.6. The van der Waals surface area contributed by atoms with Gasteiger partial charge in [0.1, 0.15) is 6.04 Å². The molecule has 2 rings (SSSR count). The Kier molecular flexibility index (Phi) is 9.93. The molecule has 2 aliphatic rings. The molecule has 1 aliphatic carbocycles. The molecule has 3 atom stereocenters. The van der Waals surface area contributed by atoms with Crippen molar-refractivity contribution in [2.75, 3.05) is 13.6 Å². The first kappa shape index (κ1) is 26.6. The summed E-state index contributed by atoms with van der Waals surface area (Å²) in [5, 5.41) is 3.13. The number of carbonyl (C=O) groups is 3. The molecule has 0 bridgehead atoms. The largest absolute Gasteiger partial charge is 0.343 e. The Hall–Kier alpha value is -1.69. The highest BCUT2D eigenvalue weighted by Gasteiger charge is 2.38. The molecule has 0 aromatic carbocycles. The predicted octanol–water partition coefficient (Wildman–Crippen LogP) is 3.94. The third-order valence-electron chi connectivity index (χ3n) is 7.33. The second-order valence-corrected chi connectivity index (χ2v) is 10.5. The zero-order chi connectivity index (χ0) is 24.0. The van der Waals surface area contributed by atoms with E-state index in [4.69, 9.17) is 0 Å². The summed E-state index contributed by atoms with van der Waals surface area (Å²) >= 11 is 0. The van der Waals surface area contributed by atoms with Crippen molar-refractivity contribution < 1.29 is 14.4 Å². The number of rotatable bonds is 9. The average Bonchev–Trinajstić information content (AvgIpc) is 3.28. The summed E-state index contributed by atoms with van der Waals surface area (Å²) in [5.74, 6) is 0.0343. The minimum Gasteiger partial charge on any atom is -0.343 e. The van der Waals surface area contributed by atoms with E-state index in [-0.39, 0.29) is 41.5 Å². The number of Topliss-reactive ketones (excluding diaryl/α,β-unsaturated/α-hetero) is 1. The van der Waals surface area contributed by atoms with Gasteiger partial charge in [0.25, 0.3) is 0 Å². The number of nitrogens with zero attached hydrogens (tertiary/aromatic N) is 2. The minimum absolute atomic E-state index is 0.00592. The van der Waals surface area contributed by atoms with Crippen LogP contribution in [0, 0.1) is 11.8 Å². The molecule has 1 saturated carbocycles. The van der Waals surface area contributed by atoms with Gasteiger partial charge in [-0.2, -0.15) is 0 Å². The van der Waals surface area contributed by atoms with Crippen molar-refractivity contribution in [2.45, 2.75) is 111 Å². The van der Waals surface area contributed by atoms with Gasteiger partial charge in [0.15, 0.2) is 5.78 Å². The monoisotopic (exact) mass is 447 g/mol. The van der Waals surface area contributed by atoms with Crippen LogP contribution >= 0.6 is 0 Å². The van der Waals surface area contributed by atoms with Gasteiger partial charge in [-0.25, -0.2) is 0 Å². The fraction of sp³-hybridized carbons (Fsp3) is 0.808. The van der Waals surface area contributed by atoms with E-state index in [9.17, 15) is 14.4 Å². The smallest absolute Gasteiger partial charge is 0.245 e. The van der Waals surface area contributed by atoms with Crippen molar-refractivity contribution in [3.63, 3.8) is 0 Å². The number of ketones is 1. The van der Waals surface area contributed by atoms with Gasteiger partial charge in [0.2, 0.25) is 11.8 Å². The van der Waals surface area contributed by atoms with Gasteiger partial charge >= 0.3 is 0 Å². The molecule has 1 N–H and O–H groups in total. The molecule has 6 nitrogen and oxygen atoms in total. The highest BCUT2D eigenvalue weighted by atomic mass is 16.2. The van der Waals surface area contributed by atoms with E-state index in [1.807, 2.05) is 33.8 Å².